The van der Waals surface area contributed by atoms with E-state index in [0.29, 0.717) is 0 Å². The summed E-state index contributed by atoms with van der Waals surface area (Å²) in [5, 5.41) is 2.67. The molecule has 1 rings (SSSR count). The van der Waals surface area contributed by atoms with Gasteiger partial charge in [-0.1, -0.05) is 12.1 Å². The van der Waals surface area contributed by atoms with Gasteiger partial charge in [-0.05, 0) is 45.4 Å². The van der Waals surface area contributed by atoms with Gasteiger partial charge in [0.1, 0.15) is 17.0 Å². The minimum atomic E-state index is -3.57. The van der Waals surface area contributed by atoms with Crippen molar-refractivity contribution in [1.29, 1.82) is 0 Å². The third kappa shape index (κ3) is 6.76. The van der Waals surface area contributed by atoms with E-state index in [9.17, 15) is 13.2 Å². The SMILES string of the molecule is COC(C)(CNC(=O)OC(C)(C)C)c1ccc(OS(C)(=O)=O)cc1. The first kappa shape index (κ1) is 20.2. The Kier molecular flexibility index (Phi) is 6.24. The van der Waals surface area contributed by atoms with Gasteiger partial charge >= 0.3 is 16.2 Å². The number of ether oxygens (including phenoxy) is 2. The van der Waals surface area contributed by atoms with Crippen LogP contribution in [0.25, 0.3) is 0 Å². The Morgan fingerprint density at radius 1 is 1.12 bits per heavy atom. The molecule has 1 amide bonds. The van der Waals surface area contributed by atoms with Crippen LogP contribution >= 0.6 is 0 Å². The minimum absolute atomic E-state index is 0.185. The smallest absolute Gasteiger partial charge is 0.407 e. The Bertz CT molecular complexity index is 663. The van der Waals surface area contributed by atoms with Gasteiger partial charge in [0.25, 0.3) is 0 Å². The first-order valence-electron chi connectivity index (χ1n) is 7.37. The van der Waals surface area contributed by atoms with E-state index in [1.54, 1.807) is 39.8 Å². The molecule has 0 aliphatic heterocycles. The standard InChI is InChI=1S/C16H25NO6S/c1-15(2,3)22-14(18)17-11-16(4,21-5)12-7-9-13(10-8-12)23-24(6,19)20/h7-10H,11H2,1-6H3,(H,17,18). The maximum atomic E-state index is 11.8. The zero-order valence-corrected chi connectivity index (χ0v) is 15.7. The highest BCUT2D eigenvalue weighted by atomic mass is 32.2. The van der Waals surface area contributed by atoms with E-state index in [4.69, 9.17) is 13.7 Å². The number of amides is 1. The Hall–Kier alpha value is -1.80. The number of carbonyl (C=O) groups excluding carboxylic acids is 1. The zero-order chi connectivity index (χ0) is 18.6. The van der Waals surface area contributed by atoms with Crippen LogP contribution in [0.15, 0.2) is 24.3 Å². The van der Waals surface area contributed by atoms with E-state index in [1.807, 2.05) is 0 Å². The Balaban J connectivity index is 2.81. The highest BCUT2D eigenvalue weighted by molar-refractivity contribution is 7.86. The summed E-state index contributed by atoms with van der Waals surface area (Å²) in [4.78, 5) is 11.8. The van der Waals surface area contributed by atoms with Crippen molar-refractivity contribution in [2.45, 2.75) is 38.9 Å². The quantitative estimate of drug-likeness (QED) is 0.785. The average molecular weight is 359 g/mol. The van der Waals surface area contributed by atoms with Gasteiger partial charge < -0.3 is 19.0 Å². The summed E-state index contributed by atoms with van der Waals surface area (Å²) in [7, 11) is -2.05. The molecule has 0 aromatic heterocycles. The molecular weight excluding hydrogens is 334 g/mol. The Morgan fingerprint density at radius 3 is 2.08 bits per heavy atom. The van der Waals surface area contributed by atoms with Crippen LogP contribution in [0.5, 0.6) is 5.75 Å². The van der Waals surface area contributed by atoms with Crippen LogP contribution in [-0.4, -0.2) is 40.0 Å². The van der Waals surface area contributed by atoms with Crippen molar-refractivity contribution in [3.8, 4) is 5.75 Å². The summed E-state index contributed by atoms with van der Waals surface area (Å²) in [5.74, 6) is 0.208. The lowest BCUT2D eigenvalue weighted by Crippen LogP contribution is -2.42. The van der Waals surface area contributed by atoms with Crippen LogP contribution in [-0.2, 0) is 25.2 Å². The first-order chi connectivity index (χ1) is 10.8. The fraction of sp³-hybridized carbons (Fsp3) is 0.562. The van der Waals surface area contributed by atoms with Gasteiger partial charge in [-0.2, -0.15) is 8.42 Å². The summed E-state index contributed by atoms with van der Waals surface area (Å²) >= 11 is 0. The highest BCUT2D eigenvalue weighted by Gasteiger charge is 2.28. The van der Waals surface area contributed by atoms with Gasteiger partial charge in [-0.25, -0.2) is 4.79 Å². The fourth-order valence-corrected chi connectivity index (χ4v) is 2.35. The molecule has 7 nitrogen and oxygen atoms in total. The third-order valence-corrected chi connectivity index (χ3v) is 3.63. The lowest BCUT2D eigenvalue weighted by Gasteiger charge is -2.29. The second-order valence-electron chi connectivity index (χ2n) is 6.60. The van der Waals surface area contributed by atoms with Crippen molar-refractivity contribution in [1.82, 2.24) is 5.32 Å². The summed E-state index contributed by atoms with van der Waals surface area (Å²) in [5.41, 5.74) is -0.638. The Labute approximate surface area is 143 Å². The molecule has 0 aliphatic rings. The molecule has 0 heterocycles. The zero-order valence-electron chi connectivity index (χ0n) is 14.9. The number of benzene rings is 1. The van der Waals surface area contributed by atoms with Crippen LogP contribution in [0.3, 0.4) is 0 Å². The molecule has 0 aliphatic carbocycles. The predicted molar refractivity (Wildman–Crippen MR) is 90.5 cm³/mol. The van der Waals surface area contributed by atoms with E-state index in [0.717, 1.165) is 11.8 Å². The van der Waals surface area contributed by atoms with Gasteiger partial charge in [-0.3, -0.25) is 0 Å². The van der Waals surface area contributed by atoms with Gasteiger partial charge in [0.2, 0.25) is 0 Å². The van der Waals surface area contributed by atoms with Crippen molar-refractivity contribution in [3.63, 3.8) is 0 Å². The Morgan fingerprint density at radius 2 is 1.67 bits per heavy atom. The normalized spacial score (nSPS) is 14.6. The molecule has 8 heteroatoms. The number of hydrogen-bond donors (Lipinski definition) is 1. The topological polar surface area (TPSA) is 90.9 Å². The maximum absolute atomic E-state index is 11.8. The van der Waals surface area contributed by atoms with Crippen molar-refractivity contribution in [2.24, 2.45) is 0 Å². The van der Waals surface area contributed by atoms with E-state index < -0.39 is 27.4 Å². The van der Waals surface area contributed by atoms with Gasteiger partial charge in [0, 0.05) is 7.11 Å². The molecule has 136 valence electrons. The lowest BCUT2D eigenvalue weighted by atomic mass is 9.95. The molecule has 1 aromatic rings. The van der Waals surface area contributed by atoms with Gasteiger partial charge in [-0.15, -0.1) is 0 Å². The molecular formula is C16H25NO6S. The number of carbonyl (C=O) groups is 1. The molecule has 0 bridgehead atoms. The number of alkyl carbamates (subject to hydrolysis) is 1. The van der Waals surface area contributed by atoms with E-state index in [2.05, 4.69) is 5.32 Å². The first-order valence-corrected chi connectivity index (χ1v) is 9.18. The third-order valence-electron chi connectivity index (χ3n) is 3.13. The molecule has 1 aromatic carbocycles. The second kappa shape index (κ2) is 7.40. The largest absolute Gasteiger partial charge is 0.444 e. The number of hydrogen-bond acceptors (Lipinski definition) is 6. The van der Waals surface area contributed by atoms with Gasteiger partial charge in [0.15, 0.2) is 0 Å². The molecule has 0 spiro atoms. The van der Waals surface area contributed by atoms with Crippen LogP contribution in [0.1, 0.15) is 33.3 Å². The monoisotopic (exact) mass is 359 g/mol. The fourth-order valence-electron chi connectivity index (χ4n) is 1.88. The molecule has 0 saturated heterocycles. The molecule has 0 radical (unpaired) electrons. The van der Waals surface area contributed by atoms with Crippen LogP contribution in [0.4, 0.5) is 4.79 Å². The van der Waals surface area contributed by atoms with Crippen LogP contribution < -0.4 is 9.50 Å². The minimum Gasteiger partial charge on any atom is -0.444 e. The molecule has 24 heavy (non-hydrogen) atoms. The molecule has 1 atom stereocenters. The molecule has 0 saturated carbocycles. The van der Waals surface area contributed by atoms with E-state index in [-0.39, 0.29) is 12.3 Å². The summed E-state index contributed by atoms with van der Waals surface area (Å²) < 4.78 is 37.8. The average Bonchev–Trinajstić information content (AvgIpc) is 2.42. The van der Waals surface area contributed by atoms with Crippen molar-refractivity contribution in [3.05, 3.63) is 29.8 Å². The van der Waals surface area contributed by atoms with E-state index >= 15 is 0 Å². The van der Waals surface area contributed by atoms with Gasteiger partial charge in [0.05, 0.1) is 12.8 Å². The number of nitrogens with one attached hydrogen (secondary N) is 1. The summed E-state index contributed by atoms with van der Waals surface area (Å²) in [6, 6.07) is 6.42. The molecule has 0 fully saturated rings. The molecule has 1 unspecified atom stereocenters. The van der Waals surface area contributed by atoms with Crippen molar-refractivity contribution in [2.75, 3.05) is 19.9 Å². The summed E-state index contributed by atoms with van der Waals surface area (Å²) in [6.45, 7) is 7.33. The van der Waals surface area contributed by atoms with Crippen molar-refractivity contribution < 1.29 is 26.9 Å². The highest BCUT2D eigenvalue weighted by Crippen LogP contribution is 2.26. The predicted octanol–water partition coefficient (Wildman–Crippen LogP) is 2.41. The summed E-state index contributed by atoms with van der Waals surface area (Å²) in [6.07, 6.45) is 0.438. The lowest BCUT2D eigenvalue weighted by molar-refractivity contribution is -0.00291. The van der Waals surface area contributed by atoms with Crippen LogP contribution in [0, 0.1) is 0 Å². The molecule has 1 N–H and O–H groups in total. The number of methoxy groups -OCH3 is 1. The van der Waals surface area contributed by atoms with Crippen LogP contribution in [0.2, 0.25) is 0 Å². The second-order valence-corrected chi connectivity index (χ2v) is 8.18. The number of rotatable bonds is 6. The van der Waals surface area contributed by atoms with E-state index in [1.165, 1.54) is 19.2 Å². The van der Waals surface area contributed by atoms with Crippen molar-refractivity contribution >= 4 is 16.2 Å². The maximum Gasteiger partial charge on any atom is 0.407 e.